The van der Waals surface area contributed by atoms with Gasteiger partial charge in [0.15, 0.2) is 5.03 Å². The van der Waals surface area contributed by atoms with E-state index in [1.807, 2.05) is 23.2 Å². The largest absolute Gasteiger partial charge is 0.339 e. The van der Waals surface area contributed by atoms with Crippen LogP contribution in [-0.2, 0) is 29.2 Å². The summed E-state index contributed by atoms with van der Waals surface area (Å²) in [7, 11) is -1.96. The van der Waals surface area contributed by atoms with Crippen molar-refractivity contribution in [2.75, 3.05) is 13.1 Å². The van der Waals surface area contributed by atoms with Crippen LogP contribution in [0.3, 0.4) is 0 Å². The highest BCUT2D eigenvalue weighted by Gasteiger charge is 2.49. The molecule has 0 aliphatic carbocycles. The Morgan fingerprint density at radius 1 is 1.12 bits per heavy atom. The van der Waals surface area contributed by atoms with Crippen LogP contribution < -0.4 is 5.43 Å². The molecule has 1 spiro atoms. The van der Waals surface area contributed by atoms with E-state index in [9.17, 15) is 13.2 Å². The lowest BCUT2D eigenvalue weighted by molar-refractivity contribution is 0.00621. The number of carbonyl (C=O) groups excluding carboxylic acids is 1. The maximum atomic E-state index is 13.1. The Labute approximate surface area is 208 Å². The Hall–Kier alpha value is -2.43. The Morgan fingerprint density at radius 3 is 2.53 bits per heavy atom. The number of halogens is 2. The van der Waals surface area contributed by atoms with Crippen molar-refractivity contribution in [2.24, 2.45) is 7.05 Å². The van der Waals surface area contributed by atoms with Crippen LogP contribution in [-0.4, -0.2) is 46.3 Å². The predicted molar refractivity (Wildman–Crippen MR) is 129 cm³/mol. The highest BCUT2D eigenvalue weighted by molar-refractivity contribution is 7.89. The third kappa shape index (κ3) is 3.91. The van der Waals surface area contributed by atoms with Crippen LogP contribution in [0.1, 0.15) is 34.3 Å². The minimum absolute atomic E-state index is 0.0420. The summed E-state index contributed by atoms with van der Waals surface area (Å²) in [5.74, 6) is -0.336. The molecule has 34 heavy (non-hydrogen) atoms. The molecule has 11 heteroatoms. The van der Waals surface area contributed by atoms with Crippen LogP contribution in [0.25, 0.3) is 0 Å². The lowest BCUT2D eigenvalue weighted by atomic mass is 9.82. The highest BCUT2D eigenvalue weighted by atomic mass is 35.5. The second-order valence-corrected chi connectivity index (χ2v) is 11.3. The quantitative estimate of drug-likeness (QED) is 0.569. The van der Waals surface area contributed by atoms with Gasteiger partial charge >= 0.3 is 0 Å². The van der Waals surface area contributed by atoms with Gasteiger partial charge in [-0.2, -0.15) is 4.31 Å². The van der Waals surface area contributed by atoms with E-state index < -0.39 is 15.6 Å². The average molecular weight is 520 g/mol. The van der Waals surface area contributed by atoms with Gasteiger partial charge in [0.25, 0.3) is 15.9 Å². The standard InChI is InChI=1S/C23H23Cl2N5O3S/c1-28-14-21(26-15-28)34(32,33)29-10-8-23(9-11-29)19-5-3-2-4-16(19)13-30(23)27-22(31)18-7-6-17(24)12-20(18)25/h2-7,12,14-15H,8-11,13H2,1H3,(H,27,31). The average Bonchev–Trinajstić information content (AvgIpc) is 3.37. The number of nitrogens with zero attached hydrogens (tertiary/aromatic N) is 4. The number of hydrazine groups is 1. The predicted octanol–water partition coefficient (Wildman–Crippen LogP) is 3.57. The Kier molecular flexibility index (Phi) is 5.94. The number of hydrogen-bond acceptors (Lipinski definition) is 5. The van der Waals surface area contributed by atoms with E-state index in [2.05, 4.69) is 16.5 Å². The van der Waals surface area contributed by atoms with Gasteiger partial charge in [-0.05, 0) is 42.2 Å². The minimum atomic E-state index is -3.69. The molecule has 8 nitrogen and oxygen atoms in total. The molecule has 1 saturated heterocycles. The van der Waals surface area contributed by atoms with Crippen molar-refractivity contribution >= 4 is 39.1 Å². The molecular weight excluding hydrogens is 497 g/mol. The zero-order chi connectivity index (χ0) is 24.1. The van der Waals surface area contributed by atoms with Crippen molar-refractivity contribution in [3.8, 4) is 0 Å². The summed E-state index contributed by atoms with van der Waals surface area (Å²) in [5.41, 5.74) is 5.04. The van der Waals surface area contributed by atoms with Crippen LogP contribution in [0.2, 0.25) is 10.0 Å². The number of fused-ring (bicyclic) bond motifs is 2. The summed E-state index contributed by atoms with van der Waals surface area (Å²) in [4.78, 5) is 17.2. The molecule has 0 bridgehead atoms. The van der Waals surface area contributed by atoms with Crippen LogP contribution >= 0.6 is 23.2 Å². The van der Waals surface area contributed by atoms with Crippen molar-refractivity contribution in [3.05, 3.63) is 81.7 Å². The van der Waals surface area contributed by atoms with E-state index in [0.717, 1.165) is 11.1 Å². The molecule has 3 aromatic rings. The first-order valence-corrected chi connectivity index (χ1v) is 13.0. The van der Waals surface area contributed by atoms with Gasteiger partial charge in [-0.25, -0.2) is 18.4 Å². The third-order valence-corrected chi connectivity index (χ3v) is 8.94. The number of nitrogens with one attached hydrogen (secondary N) is 1. The van der Waals surface area contributed by atoms with Crippen molar-refractivity contribution in [2.45, 2.75) is 30.0 Å². The number of imidazole rings is 1. The van der Waals surface area contributed by atoms with Gasteiger partial charge < -0.3 is 4.57 Å². The molecular formula is C23H23Cl2N5O3S. The second kappa shape index (κ2) is 8.66. The molecule has 1 aromatic heterocycles. The van der Waals surface area contributed by atoms with Crippen LogP contribution in [0, 0.1) is 0 Å². The van der Waals surface area contributed by atoms with Gasteiger partial charge in [-0.3, -0.25) is 10.2 Å². The van der Waals surface area contributed by atoms with Crippen LogP contribution in [0.4, 0.5) is 0 Å². The Bertz CT molecular complexity index is 1370. The molecule has 2 aliphatic rings. The van der Waals surface area contributed by atoms with Crippen molar-refractivity contribution in [1.82, 2.24) is 24.3 Å². The number of aryl methyl sites for hydroxylation is 1. The van der Waals surface area contributed by atoms with Gasteiger partial charge in [0.1, 0.15) is 0 Å². The Balaban J connectivity index is 1.42. The summed E-state index contributed by atoms with van der Waals surface area (Å²) >= 11 is 12.2. The number of sulfonamides is 1. The first-order valence-electron chi connectivity index (χ1n) is 10.8. The number of carbonyl (C=O) groups is 1. The van der Waals surface area contributed by atoms with E-state index in [0.29, 0.717) is 43.1 Å². The van der Waals surface area contributed by atoms with E-state index >= 15 is 0 Å². The number of aromatic nitrogens is 2. The van der Waals surface area contributed by atoms with E-state index in [-0.39, 0.29) is 16.0 Å². The third-order valence-electron chi connectivity index (χ3n) is 6.61. The molecule has 0 atom stereocenters. The molecule has 0 saturated carbocycles. The number of hydrogen-bond donors (Lipinski definition) is 1. The first-order chi connectivity index (χ1) is 16.2. The Morgan fingerprint density at radius 2 is 1.85 bits per heavy atom. The topological polar surface area (TPSA) is 87.5 Å². The monoisotopic (exact) mass is 519 g/mol. The molecule has 1 N–H and O–H groups in total. The van der Waals surface area contributed by atoms with E-state index in [1.54, 1.807) is 23.7 Å². The summed E-state index contributed by atoms with van der Waals surface area (Å²) in [5, 5.41) is 2.69. The summed E-state index contributed by atoms with van der Waals surface area (Å²) in [6.45, 7) is 1.13. The summed E-state index contributed by atoms with van der Waals surface area (Å²) in [6.07, 6.45) is 4.02. The van der Waals surface area contributed by atoms with Gasteiger partial charge in [-0.15, -0.1) is 0 Å². The van der Waals surface area contributed by atoms with Crippen LogP contribution in [0.15, 0.2) is 60.0 Å². The minimum Gasteiger partial charge on any atom is -0.339 e. The zero-order valence-corrected chi connectivity index (χ0v) is 20.7. The van der Waals surface area contributed by atoms with Crippen molar-refractivity contribution < 1.29 is 13.2 Å². The van der Waals surface area contributed by atoms with E-state index in [4.69, 9.17) is 23.2 Å². The maximum Gasteiger partial charge on any atom is 0.267 e. The highest BCUT2D eigenvalue weighted by Crippen LogP contribution is 2.46. The fraction of sp³-hybridized carbons (Fsp3) is 0.304. The molecule has 3 heterocycles. The molecule has 1 fully saturated rings. The van der Waals surface area contributed by atoms with Gasteiger partial charge in [0.05, 0.1) is 22.5 Å². The number of amides is 1. The maximum absolute atomic E-state index is 13.1. The molecule has 5 rings (SSSR count). The normalized spacial score (nSPS) is 18.2. The van der Waals surface area contributed by atoms with Crippen LogP contribution in [0.5, 0.6) is 0 Å². The molecule has 2 aromatic carbocycles. The van der Waals surface area contributed by atoms with Gasteiger partial charge in [0.2, 0.25) is 0 Å². The van der Waals surface area contributed by atoms with Gasteiger partial charge in [0, 0.05) is 37.9 Å². The molecule has 0 unspecified atom stereocenters. The molecule has 178 valence electrons. The summed E-state index contributed by atoms with van der Waals surface area (Å²) < 4.78 is 29.3. The number of piperidine rings is 1. The zero-order valence-electron chi connectivity index (χ0n) is 18.4. The molecule has 2 aliphatic heterocycles. The number of benzene rings is 2. The summed E-state index contributed by atoms with van der Waals surface area (Å²) in [6, 6.07) is 12.8. The van der Waals surface area contributed by atoms with Gasteiger partial charge in [-0.1, -0.05) is 47.5 Å². The van der Waals surface area contributed by atoms with Crippen molar-refractivity contribution in [1.29, 1.82) is 0 Å². The molecule has 0 radical (unpaired) electrons. The molecule has 1 amide bonds. The lowest BCUT2D eigenvalue weighted by Gasteiger charge is -2.44. The SMILES string of the molecule is Cn1cnc(S(=O)(=O)N2CCC3(CC2)c2ccccc2CN3NC(=O)c2ccc(Cl)cc2Cl)c1. The van der Waals surface area contributed by atoms with Crippen molar-refractivity contribution in [3.63, 3.8) is 0 Å². The van der Waals surface area contributed by atoms with E-state index in [1.165, 1.54) is 22.9 Å². The fourth-order valence-corrected chi connectivity index (χ4v) is 6.77. The lowest BCUT2D eigenvalue weighted by Crippen LogP contribution is -2.56. The second-order valence-electron chi connectivity index (χ2n) is 8.62. The fourth-order valence-electron chi connectivity index (χ4n) is 4.87. The smallest absolute Gasteiger partial charge is 0.267 e. The number of rotatable bonds is 4. The first kappa shape index (κ1) is 23.3.